The average Bonchev–Trinajstić information content (AvgIpc) is 2.67. The molecule has 0 bridgehead atoms. The van der Waals surface area contributed by atoms with Crippen molar-refractivity contribution in [2.45, 2.75) is 32.7 Å². The molecular weight excluding hydrogens is 389 g/mol. The minimum atomic E-state index is -0.309. The van der Waals surface area contributed by atoms with Crippen LogP contribution in [0.2, 0.25) is 0 Å². The molecule has 0 unspecified atom stereocenters. The lowest BCUT2D eigenvalue weighted by Crippen LogP contribution is -2.32. The lowest BCUT2D eigenvalue weighted by atomic mass is 9.83. The molecule has 3 heterocycles. The number of nitrogens with one attached hydrogen (secondary N) is 1. The van der Waals surface area contributed by atoms with Crippen LogP contribution in [0.4, 0.5) is 10.1 Å². The SMILES string of the molecule is CC1=CC(C)(C)Nc2ccc3c(c21)C(=C1SCCCS1)Oc1c(F)cccc1-3. The van der Waals surface area contributed by atoms with Crippen LogP contribution in [0, 0.1) is 5.82 Å². The van der Waals surface area contributed by atoms with Crippen molar-refractivity contribution in [3.8, 4) is 16.9 Å². The van der Waals surface area contributed by atoms with Crippen molar-refractivity contribution in [1.29, 1.82) is 0 Å². The van der Waals surface area contributed by atoms with Gasteiger partial charge in [0.2, 0.25) is 0 Å². The van der Waals surface area contributed by atoms with Gasteiger partial charge < -0.3 is 10.1 Å². The number of ether oxygens (including phenoxy) is 1. The van der Waals surface area contributed by atoms with E-state index < -0.39 is 0 Å². The van der Waals surface area contributed by atoms with E-state index in [2.05, 4.69) is 44.3 Å². The van der Waals surface area contributed by atoms with Crippen molar-refractivity contribution in [3.63, 3.8) is 0 Å². The van der Waals surface area contributed by atoms with Crippen LogP contribution in [0.5, 0.6) is 5.75 Å². The Morgan fingerprint density at radius 3 is 2.61 bits per heavy atom. The monoisotopic (exact) mass is 411 g/mol. The normalized spacial score (nSPS) is 19.6. The second-order valence-electron chi connectivity index (χ2n) is 7.97. The molecule has 1 saturated heterocycles. The van der Waals surface area contributed by atoms with E-state index >= 15 is 0 Å². The van der Waals surface area contributed by atoms with Gasteiger partial charge in [0.25, 0.3) is 0 Å². The third kappa shape index (κ3) is 2.87. The van der Waals surface area contributed by atoms with Gasteiger partial charge in [-0.25, -0.2) is 4.39 Å². The Balaban J connectivity index is 1.83. The number of hydrogen-bond donors (Lipinski definition) is 1. The van der Waals surface area contributed by atoms with Gasteiger partial charge in [0.05, 0.1) is 9.78 Å². The minimum Gasteiger partial charge on any atom is -0.451 e. The van der Waals surface area contributed by atoms with Gasteiger partial charge in [-0.2, -0.15) is 0 Å². The molecule has 0 aliphatic carbocycles. The number of thioether (sulfide) groups is 2. The van der Waals surface area contributed by atoms with Crippen LogP contribution in [0.25, 0.3) is 22.5 Å². The van der Waals surface area contributed by atoms with Gasteiger partial charge >= 0.3 is 0 Å². The molecule has 28 heavy (non-hydrogen) atoms. The summed E-state index contributed by atoms with van der Waals surface area (Å²) in [6.07, 6.45) is 3.45. The van der Waals surface area contributed by atoms with E-state index in [-0.39, 0.29) is 11.4 Å². The van der Waals surface area contributed by atoms with E-state index in [0.29, 0.717) is 5.75 Å². The fourth-order valence-electron chi connectivity index (χ4n) is 4.26. The summed E-state index contributed by atoms with van der Waals surface area (Å²) < 4.78 is 22.1. The van der Waals surface area contributed by atoms with Gasteiger partial charge in [-0.1, -0.05) is 24.3 Å². The summed E-state index contributed by atoms with van der Waals surface area (Å²) in [5.41, 5.74) is 6.35. The molecule has 2 aromatic carbocycles. The zero-order chi connectivity index (χ0) is 19.5. The molecule has 0 saturated carbocycles. The van der Waals surface area contributed by atoms with Gasteiger partial charge in [0.15, 0.2) is 17.3 Å². The van der Waals surface area contributed by atoms with Gasteiger partial charge in [-0.15, -0.1) is 23.5 Å². The van der Waals surface area contributed by atoms with Crippen LogP contribution in [-0.4, -0.2) is 17.0 Å². The Bertz CT molecular complexity index is 1050. The lowest BCUT2D eigenvalue weighted by molar-refractivity contribution is 0.464. The number of rotatable bonds is 0. The van der Waals surface area contributed by atoms with Crippen LogP contribution in [0.3, 0.4) is 0 Å². The smallest absolute Gasteiger partial charge is 0.171 e. The van der Waals surface area contributed by atoms with E-state index in [1.807, 2.05) is 29.6 Å². The summed E-state index contributed by atoms with van der Waals surface area (Å²) in [7, 11) is 0. The highest BCUT2D eigenvalue weighted by molar-refractivity contribution is 8.23. The number of benzene rings is 2. The van der Waals surface area contributed by atoms with Gasteiger partial charge in [0, 0.05) is 22.4 Å². The largest absolute Gasteiger partial charge is 0.451 e. The molecule has 5 heteroatoms. The van der Waals surface area contributed by atoms with Crippen LogP contribution < -0.4 is 10.1 Å². The Hall–Kier alpha value is -1.85. The first-order valence-electron chi connectivity index (χ1n) is 9.56. The molecule has 5 rings (SSSR count). The summed E-state index contributed by atoms with van der Waals surface area (Å²) in [6.45, 7) is 6.50. The summed E-state index contributed by atoms with van der Waals surface area (Å²) in [4.78, 5) is 0. The van der Waals surface area contributed by atoms with Crippen LogP contribution in [-0.2, 0) is 0 Å². The first kappa shape index (κ1) is 18.2. The highest BCUT2D eigenvalue weighted by atomic mass is 32.2. The summed E-state index contributed by atoms with van der Waals surface area (Å²) in [6, 6.07) is 9.41. The molecule has 0 atom stereocenters. The maximum atomic E-state index is 14.6. The predicted octanol–water partition coefficient (Wildman–Crippen LogP) is 6.99. The highest BCUT2D eigenvalue weighted by Gasteiger charge is 2.34. The first-order valence-corrected chi connectivity index (χ1v) is 11.5. The molecule has 2 aromatic rings. The first-order chi connectivity index (χ1) is 13.4. The number of fused-ring (bicyclic) bond motifs is 5. The van der Waals surface area contributed by atoms with Crippen molar-refractivity contribution in [3.05, 3.63) is 57.6 Å². The maximum Gasteiger partial charge on any atom is 0.171 e. The van der Waals surface area contributed by atoms with Crippen LogP contribution in [0.1, 0.15) is 38.3 Å². The standard InChI is InChI=1S/C23H22FNOS2/c1-13-12-23(2,3)25-17-9-8-14-15-6-4-7-16(24)20(15)26-21(19(14)18(13)17)22-27-10-5-11-28-22/h4,6-9,12,25H,5,10-11H2,1-3H3. The maximum absolute atomic E-state index is 14.6. The fourth-order valence-corrected chi connectivity index (χ4v) is 6.77. The quantitative estimate of drug-likeness (QED) is 0.504. The average molecular weight is 412 g/mol. The number of allylic oxidation sites excluding steroid dienone is 1. The van der Waals surface area contributed by atoms with E-state index in [4.69, 9.17) is 4.74 Å². The van der Waals surface area contributed by atoms with Crippen LogP contribution >= 0.6 is 23.5 Å². The molecule has 0 aromatic heterocycles. The third-order valence-electron chi connectivity index (χ3n) is 5.26. The van der Waals surface area contributed by atoms with Crippen molar-refractivity contribution in [1.82, 2.24) is 0 Å². The van der Waals surface area contributed by atoms with Gasteiger partial charge in [0.1, 0.15) is 0 Å². The van der Waals surface area contributed by atoms with Crippen molar-refractivity contribution in [2.24, 2.45) is 0 Å². The predicted molar refractivity (Wildman–Crippen MR) is 120 cm³/mol. The Morgan fingerprint density at radius 2 is 1.82 bits per heavy atom. The number of para-hydroxylation sites is 1. The Kier molecular flexibility index (Phi) is 4.29. The summed E-state index contributed by atoms with van der Waals surface area (Å²) in [5, 5.41) is 3.63. The topological polar surface area (TPSA) is 21.3 Å². The lowest BCUT2D eigenvalue weighted by Gasteiger charge is -2.35. The van der Waals surface area contributed by atoms with E-state index in [1.54, 1.807) is 6.07 Å². The fraction of sp³-hybridized carbons (Fsp3) is 0.304. The van der Waals surface area contributed by atoms with E-state index in [0.717, 1.165) is 43.9 Å². The Labute approximate surface area is 173 Å². The Morgan fingerprint density at radius 1 is 1.04 bits per heavy atom. The number of anilines is 1. The molecular formula is C23H22FNOS2. The molecule has 1 fully saturated rings. The molecule has 2 nitrogen and oxygen atoms in total. The van der Waals surface area contributed by atoms with Gasteiger partial charge in [-0.3, -0.25) is 0 Å². The second kappa shape index (κ2) is 6.60. The summed E-state index contributed by atoms with van der Waals surface area (Å²) in [5.74, 6) is 2.99. The molecule has 1 N–H and O–H groups in total. The third-order valence-corrected chi connectivity index (χ3v) is 7.85. The molecule has 3 aliphatic rings. The van der Waals surface area contributed by atoms with Crippen molar-refractivity contribution >= 4 is 40.5 Å². The second-order valence-corrected chi connectivity index (χ2v) is 10.4. The molecule has 144 valence electrons. The molecule has 0 amide bonds. The van der Waals surface area contributed by atoms with E-state index in [9.17, 15) is 4.39 Å². The van der Waals surface area contributed by atoms with Gasteiger partial charge in [-0.05, 0) is 62.0 Å². The summed E-state index contributed by atoms with van der Waals surface area (Å²) >= 11 is 3.64. The zero-order valence-electron chi connectivity index (χ0n) is 16.2. The van der Waals surface area contributed by atoms with E-state index in [1.165, 1.54) is 23.6 Å². The number of hydrogen-bond acceptors (Lipinski definition) is 4. The molecule has 0 spiro atoms. The highest BCUT2D eigenvalue weighted by Crippen LogP contribution is 2.53. The number of halogens is 1. The molecule has 0 radical (unpaired) electrons. The zero-order valence-corrected chi connectivity index (χ0v) is 17.8. The van der Waals surface area contributed by atoms with Crippen molar-refractivity contribution in [2.75, 3.05) is 16.8 Å². The molecule has 3 aliphatic heterocycles. The van der Waals surface area contributed by atoms with Crippen molar-refractivity contribution < 1.29 is 9.13 Å². The van der Waals surface area contributed by atoms with Crippen LogP contribution in [0.15, 0.2) is 40.6 Å². The minimum absolute atomic E-state index is 0.105.